The highest BCUT2D eigenvalue weighted by Gasteiger charge is 2.52. The molecule has 0 aromatic rings. The molecule has 3 atom stereocenters. The van der Waals surface area contributed by atoms with E-state index in [0.717, 1.165) is 0 Å². The van der Waals surface area contributed by atoms with Gasteiger partial charge in [-0.1, -0.05) is 27.7 Å². The Morgan fingerprint density at radius 2 is 1.92 bits per heavy atom. The topological polar surface area (TPSA) is 172 Å². The van der Waals surface area contributed by atoms with Crippen molar-refractivity contribution in [3.05, 3.63) is 12.2 Å². The molecular weight excluding hydrogens is 522 g/mol. The molecule has 14 heteroatoms. The number of esters is 1. The Labute approximate surface area is 223 Å². The van der Waals surface area contributed by atoms with E-state index in [-0.39, 0.29) is 30.9 Å². The third-order valence-electron chi connectivity index (χ3n) is 5.97. The molecule has 2 bridgehead atoms. The molecule has 3 aliphatic rings. The fraction of sp³-hybridized carbons (Fsp3) is 0.652. The summed E-state index contributed by atoms with van der Waals surface area (Å²) in [5.41, 5.74) is -1.14. The standard InChI is InChI=1S/C23H33N5O7S2/c1-2-24-17(29)7-6-15-20(32)27-16-13-37-36-10-4-3-5-14(11-18(30)26-15)35-19(31)12-25-22(34)23(8-9-23)28-21(16)33/h3,5,14-16H,2,4,6-13H2,1H3,(H,24,29)(H,25,34)(H,26,30)(H,27,32)(H,28,33)/t14-,15-,16-/m1/s1. The van der Waals surface area contributed by atoms with E-state index in [1.54, 1.807) is 19.1 Å². The minimum atomic E-state index is -1.14. The number of carbonyl (C=O) groups excluding carboxylic acids is 6. The second-order valence-corrected chi connectivity index (χ2v) is 11.6. The summed E-state index contributed by atoms with van der Waals surface area (Å²) in [6.45, 7) is 1.78. The van der Waals surface area contributed by atoms with Crippen molar-refractivity contribution in [1.29, 1.82) is 0 Å². The average molecular weight is 556 g/mol. The number of carbonyl (C=O) groups is 6. The van der Waals surface area contributed by atoms with Crippen molar-refractivity contribution in [2.45, 2.75) is 69.2 Å². The predicted molar refractivity (Wildman–Crippen MR) is 138 cm³/mol. The molecule has 204 valence electrons. The Kier molecular flexibility index (Phi) is 10.7. The van der Waals surface area contributed by atoms with Crippen molar-refractivity contribution in [2.75, 3.05) is 24.6 Å². The van der Waals surface area contributed by atoms with E-state index in [0.29, 0.717) is 31.6 Å². The molecule has 2 heterocycles. The molecule has 0 aromatic carbocycles. The second kappa shape index (κ2) is 13.7. The zero-order valence-electron chi connectivity index (χ0n) is 20.6. The van der Waals surface area contributed by atoms with Crippen LogP contribution in [0.15, 0.2) is 12.2 Å². The molecular formula is C23H33N5O7S2. The molecule has 1 saturated carbocycles. The van der Waals surface area contributed by atoms with Gasteiger partial charge in [0.2, 0.25) is 29.5 Å². The quantitative estimate of drug-likeness (QED) is 0.171. The van der Waals surface area contributed by atoms with E-state index in [1.807, 2.05) is 0 Å². The monoisotopic (exact) mass is 555 g/mol. The fourth-order valence-electron chi connectivity index (χ4n) is 3.80. The van der Waals surface area contributed by atoms with Crippen LogP contribution in [0.25, 0.3) is 0 Å². The lowest BCUT2D eigenvalue weighted by Crippen LogP contribution is -2.59. The number of nitrogens with one attached hydrogen (secondary N) is 5. The summed E-state index contributed by atoms with van der Waals surface area (Å²) in [6.07, 6.45) is 3.67. The maximum atomic E-state index is 13.2. The average Bonchev–Trinajstić information content (AvgIpc) is 3.63. The number of hydrogen-bond donors (Lipinski definition) is 5. The lowest BCUT2D eigenvalue weighted by molar-refractivity contribution is -0.148. The smallest absolute Gasteiger partial charge is 0.326 e. The van der Waals surface area contributed by atoms with Crippen LogP contribution in [0, 0.1) is 0 Å². The zero-order chi connectivity index (χ0) is 26.8. The first kappa shape index (κ1) is 28.8. The molecule has 5 N–H and O–H groups in total. The highest BCUT2D eigenvalue weighted by Crippen LogP contribution is 2.36. The van der Waals surface area contributed by atoms with Gasteiger partial charge in [-0.2, -0.15) is 0 Å². The summed E-state index contributed by atoms with van der Waals surface area (Å²) >= 11 is 0. The van der Waals surface area contributed by atoms with Gasteiger partial charge in [-0.05, 0) is 38.7 Å². The number of fused-ring (bicyclic) bond motifs is 7. The molecule has 37 heavy (non-hydrogen) atoms. The summed E-state index contributed by atoms with van der Waals surface area (Å²) in [5.74, 6) is -2.33. The van der Waals surface area contributed by atoms with Gasteiger partial charge in [-0.15, -0.1) is 0 Å². The third kappa shape index (κ3) is 8.95. The zero-order valence-corrected chi connectivity index (χ0v) is 22.3. The van der Waals surface area contributed by atoms with Crippen molar-refractivity contribution < 1.29 is 33.5 Å². The Morgan fingerprint density at radius 3 is 2.65 bits per heavy atom. The van der Waals surface area contributed by atoms with Gasteiger partial charge in [-0.25, -0.2) is 0 Å². The second-order valence-electron chi connectivity index (χ2n) is 8.98. The van der Waals surface area contributed by atoms with E-state index >= 15 is 0 Å². The molecule has 1 spiro atoms. The SMILES string of the molecule is CCNC(=O)CC[C@H]1NC(=O)C[C@H]2C=CCCSSC[C@@H](NC1=O)C(=O)NC1(CC1)C(=O)NCC(=O)O2. The molecule has 3 rings (SSSR count). The third-order valence-corrected chi connectivity index (χ3v) is 8.41. The molecule has 2 aliphatic heterocycles. The van der Waals surface area contributed by atoms with Crippen LogP contribution < -0.4 is 26.6 Å². The normalized spacial score (nSPS) is 27.2. The summed E-state index contributed by atoms with van der Waals surface area (Å²) < 4.78 is 5.42. The maximum absolute atomic E-state index is 13.2. The van der Waals surface area contributed by atoms with Crippen molar-refractivity contribution in [1.82, 2.24) is 26.6 Å². The lowest BCUT2D eigenvalue weighted by Gasteiger charge is -2.26. The van der Waals surface area contributed by atoms with Crippen LogP contribution in [0.4, 0.5) is 0 Å². The Balaban J connectivity index is 1.90. The summed E-state index contributed by atoms with van der Waals surface area (Å²) in [6, 6.07) is -2.08. The van der Waals surface area contributed by atoms with Gasteiger partial charge < -0.3 is 31.3 Å². The van der Waals surface area contributed by atoms with Gasteiger partial charge >= 0.3 is 5.97 Å². The van der Waals surface area contributed by atoms with Gasteiger partial charge in [0.1, 0.15) is 30.3 Å². The van der Waals surface area contributed by atoms with Crippen molar-refractivity contribution in [2.24, 2.45) is 0 Å². The molecule has 2 fully saturated rings. The number of hydrogen-bond acceptors (Lipinski definition) is 9. The molecule has 1 saturated heterocycles. The van der Waals surface area contributed by atoms with Gasteiger partial charge in [0.15, 0.2) is 0 Å². The van der Waals surface area contributed by atoms with Crippen LogP contribution in [0.3, 0.4) is 0 Å². The minimum absolute atomic E-state index is 0.00623. The Bertz CT molecular complexity index is 940. The van der Waals surface area contributed by atoms with E-state index < -0.39 is 59.9 Å². The fourth-order valence-corrected chi connectivity index (χ4v) is 5.95. The van der Waals surface area contributed by atoms with Crippen molar-refractivity contribution in [3.8, 4) is 0 Å². The molecule has 1 aliphatic carbocycles. The highest BCUT2D eigenvalue weighted by atomic mass is 33.1. The van der Waals surface area contributed by atoms with Crippen LogP contribution in [0.2, 0.25) is 0 Å². The number of allylic oxidation sites excluding steroid dienone is 1. The number of rotatable bonds is 4. The first-order chi connectivity index (χ1) is 17.7. The van der Waals surface area contributed by atoms with E-state index in [4.69, 9.17) is 4.74 Å². The van der Waals surface area contributed by atoms with Crippen LogP contribution >= 0.6 is 21.6 Å². The summed E-state index contributed by atoms with van der Waals surface area (Å²) in [7, 11) is 2.91. The summed E-state index contributed by atoms with van der Waals surface area (Å²) in [5, 5.41) is 13.2. The number of ether oxygens (including phenoxy) is 1. The molecule has 0 aromatic heterocycles. The van der Waals surface area contributed by atoms with E-state index in [1.165, 1.54) is 21.6 Å². The maximum Gasteiger partial charge on any atom is 0.326 e. The Morgan fingerprint density at radius 1 is 1.14 bits per heavy atom. The van der Waals surface area contributed by atoms with Gasteiger partial charge in [0.05, 0.1) is 6.42 Å². The highest BCUT2D eigenvalue weighted by molar-refractivity contribution is 8.76. The molecule has 12 nitrogen and oxygen atoms in total. The van der Waals surface area contributed by atoms with Crippen molar-refractivity contribution >= 4 is 57.1 Å². The first-order valence-corrected chi connectivity index (χ1v) is 14.8. The van der Waals surface area contributed by atoms with Gasteiger partial charge in [0, 0.05) is 24.5 Å². The van der Waals surface area contributed by atoms with Crippen LogP contribution in [0.5, 0.6) is 0 Å². The summed E-state index contributed by atoms with van der Waals surface area (Å²) in [4.78, 5) is 76.5. The molecule has 0 unspecified atom stereocenters. The van der Waals surface area contributed by atoms with Crippen LogP contribution in [-0.4, -0.2) is 83.8 Å². The first-order valence-electron chi connectivity index (χ1n) is 12.3. The van der Waals surface area contributed by atoms with Gasteiger partial charge in [0.25, 0.3) is 0 Å². The van der Waals surface area contributed by atoms with Gasteiger partial charge in [-0.3, -0.25) is 28.8 Å². The predicted octanol–water partition coefficient (Wildman–Crippen LogP) is -0.706. The molecule has 0 radical (unpaired) electrons. The van der Waals surface area contributed by atoms with Crippen molar-refractivity contribution in [3.63, 3.8) is 0 Å². The lowest BCUT2D eigenvalue weighted by atomic mass is 10.1. The molecule has 5 amide bonds. The Hall–Kier alpha value is -2.74. The van der Waals surface area contributed by atoms with E-state index in [2.05, 4.69) is 26.6 Å². The number of amides is 5. The van der Waals surface area contributed by atoms with Crippen LogP contribution in [0.1, 0.15) is 45.4 Å². The largest absolute Gasteiger partial charge is 0.456 e. The minimum Gasteiger partial charge on any atom is -0.456 e. The van der Waals surface area contributed by atoms with Crippen LogP contribution in [-0.2, 0) is 33.5 Å². The van der Waals surface area contributed by atoms with E-state index in [9.17, 15) is 28.8 Å².